The molecule has 0 aliphatic heterocycles. The van der Waals surface area contributed by atoms with Crippen LogP contribution in [0.1, 0.15) is 115 Å². The van der Waals surface area contributed by atoms with E-state index in [1.54, 1.807) is 0 Å². The molecule has 3 heteroatoms. The Hall–Kier alpha value is -1.51. The lowest BCUT2D eigenvalue weighted by Gasteiger charge is -2.07. The summed E-state index contributed by atoms with van der Waals surface area (Å²) in [5.74, 6) is -0.0235. The summed E-state index contributed by atoms with van der Waals surface area (Å²) in [6, 6.07) is 7.43. The van der Waals surface area contributed by atoms with Crippen LogP contribution in [0.4, 0.5) is 0 Å². The molecule has 1 aromatic rings. The van der Waals surface area contributed by atoms with Gasteiger partial charge in [0.25, 0.3) is 0 Å². The van der Waals surface area contributed by atoms with Crippen LogP contribution in [0.25, 0.3) is 0 Å². The summed E-state index contributed by atoms with van der Waals surface area (Å²) in [5.41, 5.74) is 0.793. The molecule has 3 nitrogen and oxygen atoms in total. The maximum Gasteiger partial charge on any atom is 0.307 e. The Morgan fingerprint density at radius 3 is 1.72 bits per heavy atom. The van der Waals surface area contributed by atoms with Crippen LogP contribution in [-0.2, 0) is 11.2 Å². The Kier molecular flexibility index (Phi) is 16.3. The molecular weight excluding hydrogens is 360 g/mol. The molecule has 0 aliphatic rings. The summed E-state index contributed by atoms with van der Waals surface area (Å²) < 4.78 is 5.75. The lowest BCUT2D eigenvalue weighted by Crippen LogP contribution is -2.01. The Balaban J connectivity index is 1.83. The third-order valence-corrected chi connectivity index (χ3v) is 5.52. The largest absolute Gasteiger partial charge is 0.494 e. The molecule has 0 bridgehead atoms. The maximum atomic E-state index is 10.8. The van der Waals surface area contributed by atoms with E-state index < -0.39 is 5.97 Å². The molecule has 0 aromatic heterocycles. The lowest BCUT2D eigenvalue weighted by molar-refractivity contribution is -0.136. The van der Waals surface area contributed by atoms with Crippen LogP contribution in [0, 0.1) is 0 Å². The van der Waals surface area contributed by atoms with E-state index in [1.807, 2.05) is 24.3 Å². The number of benzene rings is 1. The van der Waals surface area contributed by atoms with Crippen molar-refractivity contribution in [3.8, 4) is 5.75 Å². The number of carboxylic acid groups (broad SMARTS) is 1. The second-order valence-corrected chi connectivity index (χ2v) is 8.37. The molecular formula is C26H44O3. The number of hydrogen-bond acceptors (Lipinski definition) is 2. The number of carbonyl (C=O) groups is 1. The number of unbranched alkanes of at least 4 members (excludes halogenated alkanes) is 15. The molecule has 0 saturated heterocycles. The molecule has 0 heterocycles. The smallest absolute Gasteiger partial charge is 0.307 e. The van der Waals surface area contributed by atoms with Crippen LogP contribution in [-0.4, -0.2) is 17.7 Å². The van der Waals surface area contributed by atoms with Gasteiger partial charge in [-0.15, -0.1) is 0 Å². The second kappa shape index (κ2) is 18.5. The van der Waals surface area contributed by atoms with E-state index in [0.717, 1.165) is 24.3 Å². The molecule has 0 aliphatic carbocycles. The molecule has 0 atom stereocenters. The van der Waals surface area contributed by atoms with Crippen molar-refractivity contribution in [2.75, 3.05) is 6.61 Å². The number of carboxylic acids is 1. The van der Waals surface area contributed by atoms with Crippen LogP contribution in [0.15, 0.2) is 24.3 Å². The van der Waals surface area contributed by atoms with Gasteiger partial charge in [-0.1, -0.05) is 115 Å². The fourth-order valence-corrected chi connectivity index (χ4v) is 3.76. The SMILES string of the molecule is CCCCCCCCCCCCCCCCCCOc1cccc(CC(=O)O)c1. The number of aliphatic carboxylic acids is 1. The first-order valence-corrected chi connectivity index (χ1v) is 12.2. The van der Waals surface area contributed by atoms with Crippen molar-refractivity contribution >= 4 is 5.97 Å². The van der Waals surface area contributed by atoms with Gasteiger partial charge in [-0.2, -0.15) is 0 Å². The third-order valence-electron chi connectivity index (χ3n) is 5.52. The highest BCUT2D eigenvalue weighted by molar-refractivity contribution is 5.70. The zero-order valence-electron chi connectivity index (χ0n) is 18.8. The van der Waals surface area contributed by atoms with Gasteiger partial charge in [0.1, 0.15) is 5.75 Å². The zero-order valence-corrected chi connectivity index (χ0v) is 18.8. The zero-order chi connectivity index (χ0) is 21.0. The lowest BCUT2D eigenvalue weighted by atomic mass is 10.0. The van der Waals surface area contributed by atoms with Crippen LogP contribution < -0.4 is 4.74 Å². The minimum Gasteiger partial charge on any atom is -0.494 e. The normalized spacial score (nSPS) is 10.9. The van der Waals surface area contributed by atoms with Gasteiger partial charge in [-0.05, 0) is 24.1 Å². The number of rotatable bonds is 20. The van der Waals surface area contributed by atoms with E-state index >= 15 is 0 Å². The van der Waals surface area contributed by atoms with E-state index in [9.17, 15) is 4.79 Å². The van der Waals surface area contributed by atoms with Crippen LogP contribution >= 0.6 is 0 Å². The van der Waals surface area contributed by atoms with Gasteiger partial charge in [0.15, 0.2) is 0 Å². The average Bonchev–Trinajstić information content (AvgIpc) is 2.70. The van der Waals surface area contributed by atoms with E-state index in [0.29, 0.717) is 0 Å². The van der Waals surface area contributed by atoms with Gasteiger partial charge < -0.3 is 9.84 Å². The van der Waals surface area contributed by atoms with Crippen molar-refractivity contribution in [1.82, 2.24) is 0 Å². The van der Waals surface area contributed by atoms with Crippen LogP contribution in [0.5, 0.6) is 5.75 Å². The molecule has 0 unspecified atom stereocenters. The fraction of sp³-hybridized carbons (Fsp3) is 0.731. The van der Waals surface area contributed by atoms with Gasteiger partial charge in [0, 0.05) is 0 Å². The second-order valence-electron chi connectivity index (χ2n) is 8.37. The summed E-state index contributed by atoms with van der Waals surface area (Å²) in [6.07, 6.45) is 21.9. The summed E-state index contributed by atoms with van der Waals surface area (Å²) in [7, 11) is 0. The molecule has 1 rings (SSSR count). The van der Waals surface area contributed by atoms with Crippen molar-refractivity contribution in [1.29, 1.82) is 0 Å². The number of hydrogen-bond donors (Lipinski definition) is 1. The van der Waals surface area contributed by atoms with Gasteiger partial charge in [-0.3, -0.25) is 4.79 Å². The van der Waals surface area contributed by atoms with Gasteiger partial charge in [-0.25, -0.2) is 0 Å². The summed E-state index contributed by atoms with van der Waals surface area (Å²) in [5, 5.41) is 8.85. The van der Waals surface area contributed by atoms with Crippen LogP contribution in [0.2, 0.25) is 0 Å². The minimum absolute atomic E-state index is 0.0518. The minimum atomic E-state index is -0.806. The monoisotopic (exact) mass is 404 g/mol. The summed E-state index contributed by atoms with van der Waals surface area (Å²) in [6.45, 7) is 3.00. The van der Waals surface area contributed by atoms with E-state index in [1.165, 1.54) is 96.3 Å². The van der Waals surface area contributed by atoms with E-state index in [2.05, 4.69) is 6.92 Å². The predicted molar refractivity (Wildman–Crippen MR) is 123 cm³/mol. The van der Waals surface area contributed by atoms with Crippen molar-refractivity contribution in [2.24, 2.45) is 0 Å². The first-order chi connectivity index (χ1) is 14.2. The third kappa shape index (κ3) is 16.0. The standard InChI is InChI=1S/C26H44O3/c1-2-3-4-5-6-7-8-9-10-11-12-13-14-15-16-17-21-29-25-20-18-19-24(22-25)23-26(27)28/h18-20,22H,2-17,21,23H2,1H3,(H,27,28). The quantitative estimate of drug-likeness (QED) is 0.224. The molecule has 166 valence electrons. The van der Waals surface area contributed by atoms with Crippen LogP contribution in [0.3, 0.4) is 0 Å². The summed E-state index contributed by atoms with van der Waals surface area (Å²) >= 11 is 0. The molecule has 0 spiro atoms. The summed E-state index contributed by atoms with van der Waals surface area (Å²) in [4.78, 5) is 10.8. The Morgan fingerprint density at radius 2 is 1.24 bits per heavy atom. The molecule has 0 radical (unpaired) electrons. The van der Waals surface area contributed by atoms with Crippen molar-refractivity contribution < 1.29 is 14.6 Å². The highest BCUT2D eigenvalue weighted by Gasteiger charge is 2.02. The van der Waals surface area contributed by atoms with Crippen molar-refractivity contribution in [2.45, 2.75) is 116 Å². The van der Waals surface area contributed by atoms with Gasteiger partial charge >= 0.3 is 5.97 Å². The molecule has 0 saturated carbocycles. The van der Waals surface area contributed by atoms with Crippen molar-refractivity contribution in [3.05, 3.63) is 29.8 Å². The number of ether oxygens (including phenoxy) is 1. The van der Waals surface area contributed by atoms with Gasteiger partial charge in [0.2, 0.25) is 0 Å². The topological polar surface area (TPSA) is 46.5 Å². The molecule has 0 amide bonds. The van der Waals surface area contributed by atoms with Crippen molar-refractivity contribution in [3.63, 3.8) is 0 Å². The molecule has 1 N–H and O–H groups in total. The average molecular weight is 405 g/mol. The van der Waals surface area contributed by atoms with E-state index in [-0.39, 0.29) is 6.42 Å². The maximum absolute atomic E-state index is 10.8. The Labute approximate surface area is 179 Å². The fourth-order valence-electron chi connectivity index (χ4n) is 3.76. The Morgan fingerprint density at radius 1 is 0.759 bits per heavy atom. The molecule has 0 fully saturated rings. The first kappa shape index (κ1) is 25.5. The molecule has 1 aromatic carbocycles. The predicted octanol–water partition coefficient (Wildman–Crippen LogP) is 7.95. The molecule has 29 heavy (non-hydrogen) atoms. The van der Waals surface area contributed by atoms with E-state index in [4.69, 9.17) is 9.84 Å². The Bertz CT molecular complexity index is 512. The highest BCUT2D eigenvalue weighted by atomic mass is 16.5. The highest BCUT2D eigenvalue weighted by Crippen LogP contribution is 2.16. The first-order valence-electron chi connectivity index (χ1n) is 12.2. The van der Waals surface area contributed by atoms with Gasteiger partial charge in [0.05, 0.1) is 13.0 Å².